The maximum Gasteiger partial charge on any atom is 0.267 e. The second-order valence-electron chi connectivity index (χ2n) is 4.09. The Balaban J connectivity index is 2.25. The van der Waals surface area contributed by atoms with Gasteiger partial charge in [-0.2, -0.15) is 0 Å². The first kappa shape index (κ1) is 13.8. The summed E-state index contributed by atoms with van der Waals surface area (Å²) in [5.74, 6) is -0.00782. The molecule has 2 heterocycles. The zero-order valence-corrected chi connectivity index (χ0v) is 12.7. The van der Waals surface area contributed by atoms with Crippen molar-refractivity contribution in [3.63, 3.8) is 0 Å². The van der Waals surface area contributed by atoms with Crippen LogP contribution in [0.3, 0.4) is 0 Å². The summed E-state index contributed by atoms with van der Waals surface area (Å²) in [5.41, 5.74) is 13.0. The molecule has 0 unspecified atom stereocenters. The number of anilines is 2. The number of hydrogen-bond acceptors (Lipinski definition) is 5. The molecule has 0 radical (unpaired) electrons. The normalized spacial score (nSPS) is 10.4. The lowest BCUT2D eigenvalue weighted by Gasteiger charge is -2.19. The summed E-state index contributed by atoms with van der Waals surface area (Å²) in [6.45, 7) is 0.654. The van der Waals surface area contributed by atoms with Gasteiger partial charge in [-0.1, -0.05) is 0 Å². The van der Waals surface area contributed by atoms with Crippen LogP contribution in [0.15, 0.2) is 27.4 Å². The fourth-order valence-electron chi connectivity index (χ4n) is 1.68. The molecule has 1 amide bonds. The van der Waals surface area contributed by atoms with Crippen molar-refractivity contribution < 1.29 is 4.79 Å². The predicted molar refractivity (Wildman–Crippen MR) is 81.3 cm³/mol. The number of pyridine rings is 1. The van der Waals surface area contributed by atoms with Crippen LogP contribution in [0.2, 0.25) is 0 Å². The fourth-order valence-corrected chi connectivity index (χ4v) is 2.88. The molecule has 5 nitrogen and oxygen atoms in total. The quantitative estimate of drug-likeness (QED) is 0.893. The van der Waals surface area contributed by atoms with Crippen molar-refractivity contribution in [3.8, 4) is 0 Å². The molecule has 0 saturated heterocycles. The van der Waals surface area contributed by atoms with Crippen molar-refractivity contribution in [3.05, 3.63) is 38.6 Å². The first-order chi connectivity index (χ1) is 8.97. The lowest BCUT2D eigenvalue weighted by molar-refractivity contribution is 0.0995. The Morgan fingerprint density at radius 3 is 2.84 bits per heavy atom. The Kier molecular flexibility index (Phi) is 4.06. The number of nitrogens with two attached hydrogens (primary N) is 2. The second-order valence-corrected chi connectivity index (χ2v) is 6.38. The molecule has 0 saturated carbocycles. The first-order valence-corrected chi connectivity index (χ1v) is 7.15. The average molecular weight is 341 g/mol. The van der Waals surface area contributed by atoms with Gasteiger partial charge in [-0.25, -0.2) is 4.98 Å². The van der Waals surface area contributed by atoms with Crippen molar-refractivity contribution in [2.24, 2.45) is 5.73 Å². The van der Waals surface area contributed by atoms with E-state index < -0.39 is 5.91 Å². The van der Waals surface area contributed by atoms with Gasteiger partial charge < -0.3 is 16.4 Å². The van der Waals surface area contributed by atoms with Crippen LogP contribution < -0.4 is 16.4 Å². The Morgan fingerprint density at radius 2 is 2.26 bits per heavy atom. The fraction of sp³-hybridized carbons (Fsp3) is 0.167. The Labute approximate surface area is 123 Å². The standard InChI is InChI=1S/C12H13BrN4OS/c1-17(5-7-4-10(13)19-6-7)12-8(14)2-3-9(16-12)11(15)18/h2-4,6H,5,14H2,1H3,(H2,15,18). The highest BCUT2D eigenvalue weighted by Gasteiger charge is 2.12. The van der Waals surface area contributed by atoms with Crippen molar-refractivity contribution in [1.82, 2.24) is 4.98 Å². The van der Waals surface area contributed by atoms with Crippen molar-refractivity contribution >= 4 is 44.7 Å². The predicted octanol–water partition coefficient (Wildman–Crippen LogP) is 2.22. The number of nitrogen functional groups attached to an aromatic ring is 1. The summed E-state index contributed by atoms with van der Waals surface area (Å²) in [5, 5.41) is 2.05. The third-order valence-electron chi connectivity index (χ3n) is 2.56. The molecule has 0 bridgehead atoms. The Morgan fingerprint density at radius 1 is 1.53 bits per heavy atom. The minimum absolute atomic E-state index is 0.211. The molecular weight excluding hydrogens is 328 g/mol. The zero-order chi connectivity index (χ0) is 14.0. The molecule has 100 valence electrons. The maximum absolute atomic E-state index is 11.1. The summed E-state index contributed by atoms with van der Waals surface area (Å²) in [7, 11) is 1.87. The van der Waals surface area contributed by atoms with Gasteiger partial charge in [-0.05, 0) is 45.1 Å². The smallest absolute Gasteiger partial charge is 0.267 e. The highest BCUT2D eigenvalue weighted by atomic mass is 79.9. The summed E-state index contributed by atoms with van der Waals surface area (Å²) < 4.78 is 1.07. The van der Waals surface area contributed by atoms with Crippen LogP contribution in [0.25, 0.3) is 0 Å². The molecule has 4 N–H and O–H groups in total. The summed E-state index contributed by atoms with van der Waals surface area (Å²) in [6, 6.07) is 5.20. The van der Waals surface area contributed by atoms with Crippen molar-refractivity contribution in [1.29, 1.82) is 0 Å². The van der Waals surface area contributed by atoms with Gasteiger partial charge in [0.2, 0.25) is 0 Å². The molecule has 2 rings (SSSR count). The van der Waals surface area contributed by atoms with E-state index in [2.05, 4.69) is 26.3 Å². The van der Waals surface area contributed by atoms with Crippen LogP contribution in [0.1, 0.15) is 16.1 Å². The van der Waals surface area contributed by atoms with Crippen LogP contribution >= 0.6 is 27.3 Å². The van der Waals surface area contributed by atoms with Crippen molar-refractivity contribution in [2.75, 3.05) is 17.7 Å². The minimum Gasteiger partial charge on any atom is -0.396 e. The first-order valence-electron chi connectivity index (χ1n) is 5.47. The van der Waals surface area contributed by atoms with E-state index in [1.807, 2.05) is 18.0 Å². The molecule has 0 atom stereocenters. The Hall–Kier alpha value is -1.60. The molecule has 0 aliphatic rings. The molecule has 2 aromatic rings. The number of thiophene rings is 1. The topological polar surface area (TPSA) is 85.2 Å². The largest absolute Gasteiger partial charge is 0.396 e. The van der Waals surface area contributed by atoms with E-state index >= 15 is 0 Å². The van der Waals surface area contributed by atoms with Crippen LogP contribution in [0.4, 0.5) is 11.5 Å². The van der Waals surface area contributed by atoms with E-state index in [0.29, 0.717) is 18.1 Å². The lowest BCUT2D eigenvalue weighted by Crippen LogP contribution is -2.21. The minimum atomic E-state index is -0.562. The number of carbonyl (C=O) groups is 1. The van der Waals surface area contributed by atoms with E-state index in [9.17, 15) is 4.79 Å². The zero-order valence-electron chi connectivity index (χ0n) is 10.3. The van der Waals surface area contributed by atoms with Gasteiger partial charge in [0.25, 0.3) is 5.91 Å². The van der Waals surface area contributed by atoms with Crippen molar-refractivity contribution in [2.45, 2.75) is 6.54 Å². The molecule has 19 heavy (non-hydrogen) atoms. The van der Waals surface area contributed by atoms with E-state index in [1.165, 1.54) is 6.07 Å². The number of rotatable bonds is 4. The third kappa shape index (κ3) is 3.24. The number of halogens is 1. The number of nitrogens with zero attached hydrogens (tertiary/aromatic N) is 2. The molecule has 0 fully saturated rings. The van der Waals surface area contributed by atoms with Gasteiger partial charge in [0.1, 0.15) is 5.69 Å². The SMILES string of the molecule is CN(Cc1csc(Br)c1)c1nc(C(N)=O)ccc1N. The van der Waals surface area contributed by atoms with E-state index in [0.717, 1.165) is 9.35 Å². The highest BCUT2D eigenvalue weighted by Crippen LogP contribution is 2.25. The van der Waals surface area contributed by atoms with Gasteiger partial charge in [-0.15, -0.1) is 11.3 Å². The molecule has 0 spiro atoms. The van der Waals surface area contributed by atoms with E-state index in [4.69, 9.17) is 11.5 Å². The van der Waals surface area contributed by atoms with Crippen LogP contribution in [-0.2, 0) is 6.54 Å². The molecule has 7 heteroatoms. The van der Waals surface area contributed by atoms with Gasteiger partial charge in [0.15, 0.2) is 5.82 Å². The summed E-state index contributed by atoms with van der Waals surface area (Å²) in [6.07, 6.45) is 0. The number of aromatic nitrogens is 1. The maximum atomic E-state index is 11.1. The van der Waals surface area contributed by atoms with Gasteiger partial charge in [0, 0.05) is 13.6 Å². The monoisotopic (exact) mass is 340 g/mol. The molecule has 0 aliphatic heterocycles. The number of carbonyl (C=O) groups excluding carboxylic acids is 1. The molecule has 0 aromatic carbocycles. The lowest BCUT2D eigenvalue weighted by atomic mass is 10.2. The molecular formula is C12H13BrN4OS. The van der Waals surface area contributed by atoms with Crippen LogP contribution in [0, 0.1) is 0 Å². The number of amides is 1. The number of primary amides is 1. The van der Waals surface area contributed by atoms with Gasteiger partial charge in [0.05, 0.1) is 9.47 Å². The van der Waals surface area contributed by atoms with E-state index in [1.54, 1.807) is 17.4 Å². The number of hydrogen-bond donors (Lipinski definition) is 2. The van der Waals surface area contributed by atoms with E-state index in [-0.39, 0.29) is 5.69 Å². The van der Waals surface area contributed by atoms with Gasteiger partial charge in [-0.3, -0.25) is 4.79 Å². The highest BCUT2D eigenvalue weighted by molar-refractivity contribution is 9.11. The molecule has 0 aliphatic carbocycles. The second kappa shape index (κ2) is 5.58. The summed E-state index contributed by atoms with van der Waals surface area (Å²) in [4.78, 5) is 17.2. The molecule has 2 aromatic heterocycles. The summed E-state index contributed by atoms with van der Waals surface area (Å²) >= 11 is 5.04. The van der Waals surface area contributed by atoms with Crippen LogP contribution in [0.5, 0.6) is 0 Å². The van der Waals surface area contributed by atoms with Gasteiger partial charge >= 0.3 is 0 Å². The Bertz CT molecular complexity index is 614. The van der Waals surface area contributed by atoms with Crippen LogP contribution in [-0.4, -0.2) is 17.9 Å². The third-order valence-corrected chi connectivity index (χ3v) is 4.11. The average Bonchev–Trinajstić information content (AvgIpc) is 2.74.